The van der Waals surface area contributed by atoms with E-state index in [1.54, 1.807) is 4.90 Å². The van der Waals surface area contributed by atoms with Crippen molar-refractivity contribution in [3.05, 3.63) is 29.8 Å². The number of nitrogens with zero attached hydrogens (tertiary/aromatic N) is 1. The molecule has 1 aromatic carbocycles. The second-order valence-corrected chi connectivity index (χ2v) is 6.83. The molecule has 0 bridgehead atoms. The minimum absolute atomic E-state index is 0.0491. The van der Waals surface area contributed by atoms with E-state index in [0.717, 1.165) is 17.7 Å². The molecule has 0 aliphatic carbocycles. The number of nitrogens with one attached hydrogen (secondary N) is 2. The highest BCUT2D eigenvalue weighted by Gasteiger charge is 2.37. The maximum atomic E-state index is 12.5. The van der Waals surface area contributed by atoms with Crippen molar-refractivity contribution >= 4 is 29.4 Å². The summed E-state index contributed by atoms with van der Waals surface area (Å²) in [6.45, 7) is 3.75. The molecule has 152 valence electrons. The summed E-state index contributed by atoms with van der Waals surface area (Å²) in [6, 6.07) is 7.70. The van der Waals surface area contributed by atoms with E-state index in [2.05, 4.69) is 24.5 Å². The largest absolute Gasteiger partial charge is 0.455 e. The number of esters is 1. The molecule has 0 spiro atoms. The summed E-state index contributed by atoms with van der Waals surface area (Å²) in [5.74, 6) is -1.98. The van der Waals surface area contributed by atoms with Crippen LogP contribution in [0.15, 0.2) is 24.3 Å². The average Bonchev–Trinajstić information content (AvgIpc) is 3.11. The molecule has 1 aliphatic rings. The fourth-order valence-electron chi connectivity index (χ4n) is 3.04. The number of likely N-dealkylation sites (N-methyl/N-ethyl adjacent to an activating group) is 1. The van der Waals surface area contributed by atoms with Crippen LogP contribution in [-0.2, 0) is 23.9 Å². The minimum atomic E-state index is -0.621. The zero-order chi connectivity index (χ0) is 20.7. The van der Waals surface area contributed by atoms with Crippen molar-refractivity contribution in [3.63, 3.8) is 0 Å². The van der Waals surface area contributed by atoms with Gasteiger partial charge >= 0.3 is 5.97 Å². The second kappa shape index (κ2) is 9.87. The monoisotopic (exact) mass is 389 g/mol. The summed E-state index contributed by atoms with van der Waals surface area (Å²) in [4.78, 5) is 49.1. The Morgan fingerprint density at radius 3 is 2.64 bits per heavy atom. The summed E-state index contributed by atoms with van der Waals surface area (Å²) in [5, 5.41) is 4.71. The van der Waals surface area contributed by atoms with Crippen molar-refractivity contribution in [3.8, 4) is 0 Å². The van der Waals surface area contributed by atoms with Gasteiger partial charge in [0.15, 0.2) is 6.61 Å². The van der Waals surface area contributed by atoms with E-state index in [-0.39, 0.29) is 31.3 Å². The molecule has 1 aliphatic heterocycles. The zero-order valence-corrected chi connectivity index (χ0v) is 16.5. The number of benzene rings is 1. The first-order chi connectivity index (χ1) is 13.4. The van der Waals surface area contributed by atoms with Gasteiger partial charge in [0.1, 0.15) is 0 Å². The van der Waals surface area contributed by atoms with Gasteiger partial charge in [0.2, 0.25) is 11.8 Å². The maximum Gasteiger partial charge on any atom is 0.311 e. The van der Waals surface area contributed by atoms with Crippen molar-refractivity contribution in [1.82, 2.24) is 10.6 Å². The topological polar surface area (TPSA) is 105 Å². The lowest BCUT2D eigenvalue weighted by Crippen LogP contribution is -2.37. The highest BCUT2D eigenvalue weighted by atomic mass is 16.5. The standard InChI is InChI=1S/C20H27N3O5/c1-4-13(2)15-7-5-6-8-16(15)23-11-14(9-19(23)26)20(27)28-12-18(25)22-10-17(24)21-3/h5-8,13-14H,4,9-12H2,1-3H3,(H,21,24)(H,22,25)/t13-,14-/m0/s1. The first-order valence-corrected chi connectivity index (χ1v) is 9.40. The smallest absolute Gasteiger partial charge is 0.311 e. The molecular formula is C20H27N3O5. The molecule has 0 radical (unpaired) electrons. The van der Waals surface area contributed by atoms with Gasteiger partial charge in [0.05, 0.1) is 12.5 Å². The van der Waals surface area contributed by atoms with Crippen LogP contribution in [-0.4, -0.2) is 50.4 Å². The molecule has 0 unspecified atom stereocenters. The number of rotatable bonds is 8. The third-order valence-electron chi connectivity index (χ3n) is 4.90. The predicted octanol–water partition coefficient (Wildman–Crippen LogP) is 0.958. The van der Waals surface area contributed by atoms with E-state index in [1.807, 2.05) is 24.3 Å². The molecule has 1 fully saturated rings. The minimum Gasteiger partial charge on any atom is -0.455 e. The molecule has 1 aromatic rings. The van der Waals surface area contributed by atoms with Crippen molar-refractivity contribution in [2.75, 3.05) is 31.6 Å². The Bertz CT molecular complexity index is 749. The highest BCUT2D eigenvalue weighted by molar-refractivity contribution is 6.00. The van der Waals surface area contributed by atoms with Crippen LogP contribution < -0.4 is 15.5 Å². The summed E-state index contributed by atoms with van der Waals surface area (Å²) in [7, 11) is 1.46. The molecule has 1 heterocycles. The molecule has 1 saturated heterocycles. The summed E-state index contributed by atoms with van der Waals surface area (Å²) < 4.78 is 5.02. The second-order valence-electron chi connectivity index (χ2n) is 6.83. The summed E-state index contributed by atoms with van der Waals surface area (Å²) in [6.07, 6.45) is 0.989. The van der Waals surface area contributed by atoms with Crippen LogP contribution in [0.5, 0.6) is 0 Å². The molecule has 28 heavy (non-hydrogen) atoms. The van der Waals surface area contributed by atoms with Crippen molar-refractivity contribution in [1.29, 1.82) is 0 Å². The third kappa shape index (κ3) is 5.31. The highest BCUT2D eigenvalue weighted by Crippen LogP contribution is 2.33. The SMILES string of the molecule is CC[C@H](C)c1ccccc1N1C[C@@H](C(=O)OCC(=O)NCC(=O)NC)CC1=O. The molecule has 2 N–H and O–H groups in total. The number of ether oxygens (including phenoxy) is 1. The zero-order valence-electron chi connectivity index (χ0n) is 16.5. The number of amides is 3. The lowest BCUT2D eigenvalue weighted by molar-refractivity contribution is -0.152. The first-order valence-electron chi connectivity index (χ1n) is 9.40. The van der Waals surface area contributed by atoms with Gasteiger partial charge in [-0.05, 0) is 24.0 Å². The van der Waals surface area contributed by atoms with Crippen LogP contribution in [0.4, 0.5) is 5.69 Å². The number of anilines is 1. The van der Waals surface area contributed by atoms with E-state index in [0.29, 0.717) is 5.92 Å². The van der Waals surface area contributed by atoms with Gasteiger partial charge in [-0.2, -0.15) is 0 Å². The number of carbonyl (C=O) groups is 4. The quantitative estimate of drug-likeness (QED) is 0.645. The van der Waals surface area contributed by atoms with E-state index in [1.165, 1.54) is 7.05 Å². The van der Waals surface area contributed by atoms with Crippen molar-refractivity contribution < 1.29 is 23.9 Å². The maximum absolute atomic E-state index is 12.5. The van der Waals surface area contributed by atoms with Gasteiger partial charge in [0.25, 0.3) is 5.91 Å². The Kier molecular flexibility index (Phi) is 7.54. The molecule has 0 aromatic heterocycles. The number of carbonyl (C=O) groups excluding carboxylic acids is 4. The van der Waals surface area contributed by atoms with Crippen LogP contribution >= 0.6 is 0 Å². The van der Waals surface area contributed by atoms with Crippen LogP contribution in [0.1, 0.15) is 38.2 Å². The Balaban J connectivity index is 1.95. The van der Waals surface area contributed by atoms with Crippen molar-refractivity contribution in [2.24, 2.45) is 5.92 Å². The van der Waals surface area contributed by atoms with Gasteiger partial charge in [-0.15, -0.1) is 0 Å². The summed E-state index contributed by atoms with van der Waals surface area (Å²) in [5.41, 5.74) is 1.89. The van der Waals surface area contributed by atoms with E-state index < -0.39 is 24.4 Å². The Morgan fingerprint density at radius 2 is 1.96 bits per heavy atom. The van der Waals surface area contributed by atoms with Gasteiger partial charge < -0.3 is 20.3 Å². The Morgan fingerprint density at radius 1 is 1.25 bits per heavy atom. The Labute approximate surface area is 164 Å². The first kappa shape index (κ1) is 21.4. The summed E-state index contributed by atoms with van der Waals surface area (Å²) >= 11 is 0. The Hall–Kier alpha value is -2.90. The fraction of sp³-hybridized carbons (Fsp3) is 0.500. The third-order valence-corrected chi connectivity index (χ3v) is 4.90. The number of hydrogen-bond acceptors (Lipinski definition) is 5. The average molecular weight is 389 g/mol. The molecule has 8 heteroatoms. The van der Waals surface area contributed by atoms with E-state index in [4.69, 9.17) is 4.74 Å². The van der Waals surface area contributed by atoms with Gasteiger partial charge in [-0.3, -0.25) is 19.2 Å². The lowest BCUT2D eigenvalue weighted by atomic mass is 9.96. The van der Waals surface area contributed by atoms with Gasteiger partial charge in [0, 0.05) is 25.7 Å². The van der Waals surface area contributed by atoms with E-state index in [9.17, 15) is 19.2 Å². The van der Waals surface area contributed by atoms with Gasteiger partial charge in [-0.1, -0.05) is 32.0 Å². The number of hydrogen-bond donors (Lipinski definition) is 2. The predicted molar refractivity (Wildman–Crippen MR) is 104 cm³/mol. The molecular weight excluding hydrogens is 362 g/mol. The molecule has 0 saturated carbocycles. The van der Waals surface area contributed by atoms with Crippen LogP contribution in [0, 0.1) is 5.92 Å². The molecule has 8 nitrogen and oxygen atoms in total. The molecule has 2 rings (SSSR count). The lowest BCUT2D eigenvalue weighted by Gasteiger charge is -2.23. The fourth-order valence-corrected chi connectivity index (χ4v) is 3.04. The normalized spacial score (nSPS) is 17.2. The van der Waals surface area contributed by atoms with Crippen LogP contribution in [0.2, 0.25) is 0 Å². The molecule has 3 amide bonds. The van der Waals surface area contributed by atoms with Gasteiger partial charge in [-0.25, -0.2) is 0 Å². The number of para-hydroxylation sites is 1. The van der Waals surface area contributed by atoms with Crippen LogP contribution in [0.25, 0.3) is 0 Å². The molecule has 2 atom stereocenters. The van der Waals surface area contributed by atoms with Crippen LogP contribution in [0.3, 0.4) is 0 Å². The van der Waals surface area contributed by atoms with E-state index >= 15 is 0 Å². The van der Waals surface area contributed by atoms with Crippen molar-refractivity contribution in [2.45, 2.75) is 32.6 Å².